The smallest absolute Gasteiger partial charge is 0.256 e. The third kappa shape index (κ3) is 3.19. The number of hydrogen-bond acceptors (Lipinski definition) is 6. The lowest BCUT2D eigenvalue weighted by Gasteiger charge is -2.33. The van der Waals surface area contributed by atoms with Crippen molar-refractivity contribution in [3.63, 3.8) is 0 Å². The Labute approximate surface area is 161 Å². The number of fused-ring (bicyclic) bond motifs is 1. The van der Waals surface area contributed by atoms with Crippen molar-refractivity contribution < 1.29 is 19.5 Å². The van der Waals surface area contributed by atoms with E-state index < -0.39 is 22.9 Å². The quantitative estimate of drug-likeness (QED) is 0.120. The average Bonchev–Trinajstić information content (AvgIpc) is 2.72. The molecule has 2 aromatic rings. The van der Waals surface area contributed by atoms with Gasteiger partial charge in [0.1, 0.15) is 5.76 Å². The van der Waals surface area contributed by atoms with Crippen LogP contribution < -0.4 is 16.6 Å². The number of amides is 1. The van der Waals surface area contributed by atoms with Crippen LogP contribution >= 0.6 is 0 Å². The minimum atomic E-state index is -1.94. The van der Waals surface area contributed by atoms with Crippen molar-refractivity contribution in [2.45, 2.75) is 12.3 Å². The summed E-state index contributed by atoms with van der Waals surface area (Å²) in [6, 6.07) is 15.0. The first-order chi connectivity index (χ1) is 13.4. The number of aliphatic hydroxyl groups excluding tert-OH is 1. The molecule has 1 atom stereocenters. The zero-order valence-corrected chi connectivity index (χ0v) is 15.1. The molecule has 0 radical (unpaired) electrons. The Hall–Kier alpha value is -3.71. The molecular weight excluding hydrogens is 358 g/mol. The van der Waals surface area contributed by atoms with Crippen LogP contribution in [0.5, 0.6) is 0 Å². The fraction of sp³-hybridized carbons (Fsp3) is 0.0952. The molecule has 0 aromatic heterocycles. The second-order valence-corrected chi connectivity index (χ2v) is 6.37. The highest BCUT2D eigenvalue weighted by atomic mass is 16.3. The van der Waals surface area contributed by atoms with Crippen molar-refractivity contribution in [2.24, 2.45) is 5.84 Å². The summed E-state index contributed by atoms with van der Waals surface area (Å²) in [5.41, 5.74) is 1.76. The van der Waals surface area contributed by atoms with Crippen molar-refractivity contribution in [3.05, 3.63) is 83.6 Å². The second-order valence-electron chi connectivity index (χ2n) is 6.37. The Balaban J connectivity index is 2.10. The Morgan fingerprint density at radius 3 is 2.39 bits per heavy atom. The van der Waals surface area contributed by atoms with E-state index in [1.165, 1.54) is 6.08 Å². The maximum Gasteiger partial charge on any atom is 0.256 e. The fourth-order valence-electron chi connectivity index (χ4n) is 3.26. The van der Waals surface area contributed by atoms with Crippen molar-refractivity contribution in [2.75, 3.05) is 5.32 Å². The first-order valence-corrected chi connectivity index (χ1v) is 8.52. The Morgan fingerprint density at radius 2 is 1.71 bits per heavy atom. The first kappa shape index (κ1) is 19.1. The molecule has 0 saturated carbocycles. The van der Waals surface area contributed by atoms with Crippen LogP contribution in [0.25, 0.3) is 5.76 Å². The van der Waals surface area contributed by atoms with Crippen LogP contribution in [0, 0.1) is 0 Å². The summed E-state index contributed by atoms with van der Waals surface area (Å²) in [7, 11) is 0. The Bertz CT molecular complexity index is 1010. The summed E-state index contributed by atoms with van der Waals surface area (Å²) >= 11 is 0. The van der Waals surface area contributed by atoms with E-state index in [0.717, 1.165) is 6.08 Å². The molecule has 2 aromatic carbocycles. The van der Waals surface area contributed by atoms with Gasteiger partial charge in [0.25, 0.3) is 5.91 Å². The predicted octanol–water partition coefficient (Wildman–Crippen LogP) is 1.98. The molecule has 0 spiro atoms. The molecule has 5 N–H and O–H groups in total. The maximum absolute atomic E-state index is 13.2. The van der Waals surface area contributed by atoms with E-state index in [-0.39, 0.29) is 5.76 Å². The molecule has 142 valence electrons. The number of rotatable bonds is 5. The van der Waals surface area contributed by atoms with E-state index >= 15 is 0 Å². The predicted molar refractivity (Wildman–Crippen MR) is 105 cm³/mol. The molecule has 0 aliphatic carbocycles. The number of anilines is 1. The van der Waals surface area contributed by atoms with Gasteiger partial charge in [-0.05, 0) is 19.1 Å². The highest BCUT2D eigenvalue weighted by Crippen LogP contribution is 2.38. The van der Waals surface area contributed by atoms with Crippen LogP contribution in [-0.2, 0) is 19.8 Å². The van der Waals surface area contributed by atoms with Crippen molar-refractivity contribution >= 4 is 28.9 Å². The number of nitrogens with one attached hydrogen (secondary N) is 2. The van der Waals surface area contributed by atoms with Crippen LogP contribution in [-0.4, -0.2) is 22.6 Å². The van der Waals surface area contributed by atoms with Gasteiger partial charge in [0.2, 0.25) is 11.6 Å². The molecule has 3 rings (SSSR count). The fourth-order valence-corrected chi connectivity index (χ4v) is 3.26. The van der Waals surface area contributed by atoms with Crippen molar-refractivity contribution in [1.82, 2.24) is 5.43 Å². The number of carbonyl (C=O) groups excluding carboxylic acids is 3. The van der Waals surface area contributed by atoms with Crippen LogP contribution in [0.3, 0.4) is 0 Å². The minimum absolute atomic E-state index is 0.300. The molecule has 7 nitrogen and oxygen atoms in total. The van der Waals surface area contributed by atoms with Gasteiger partial charge in [-0.15, -0.1) is 0 Å². The molecule has 0 bridgehead atoms. The van der Waals surface area contributed by atoms with Crippen LogP contribution in [0.1, 0.15) is 18.1 Å². The van der Waals surface area contributed by atoms with Gasteiger partial charge < -0.3 is 10.4 Å². The van der Waals surface area contributed by atoms with Crippen molar-refractivity contribution in [1.29, 1.82) is 0 Å². The molecule has 1 unspecified atom stereocenters. The van der Waals surface area contributed by atoms with Gasteiger partial charge in [-0.2, -0.15) is 0 Å². The SMILES string of the molecule is CC1=CC(C(=O)NN)(C(=O)C(=O)C=C(O)c2ccccc2)c2ccccc2N1. The second kappa shape index (κ2) is 7.50. The number of hydrazine groups is 1. The van der Waals surface area contributed by atoms with Crippen LogP contribution in [0.2, 0.25) is 0 Å². The largest absolute Gasteiger partial charge is 0.507 e. The monoisotopic (exact) mass is 377 g/mol. The standard InChI is InChI=1S/C21H19N3O4/c1-13-12-21(20(28)24-22,15-9-5-6-10-16(15)23-13)19(27)18(26)11-17(25)14-7-3-2-4-8-14/h2-12,23,25H,22H2,1H3,(H,24,28). The molecule has 0 saturated heterocycles. The average molecular weight is 377 g/mol. The molecule has 0 fully saturated rings. The number of benzene rings is 2. The maximum atomic E-state index is 13.2. The summed E-state index contributed by atoms with van der Waals surface area (Å²) in [6.45, 7) is 1.67. The van der Waals surface area contributed by atoms with E-state index in [1.54, 1.807) is 61.5 Å². The zero-order chi connectivity index (χ0) is 20.3. The van der Waals surface area contributed by atoms with Crippen LogP contribution in [0.4, 0.5) is 5.69 Å². The zero-order valence-electron chi connectivity index (χ0n) is 15.1. The van der Waals surface area contributed by atoms with Gasteiger partial charge in [-0.3, -0.25) is 19.8 Å². The van der Waals surface area contributed by atoms with E-state index in [1.807, 2.05) is 5.43 Å². The third-order valence-corrected chi connectivity index (χ3v) is 4.53. The molecule has 1 aliphatic heterocycles. The van der Waals surface area contributed by atoms with Gasteiger partial charge in [0.05, 0.1) is 0 Å². The van der Waals surface area contributed by atoms with Gasteiger partial charge in [0, 0.05) is 28.6 Å². The number of nitrogens with two attached hydrogens (primary N) is 1. The van der Waals surface area contributed by atoms with E-state index in [4.69, 9.17) is 5.84 Å². The number of ketones is 2. The van der Waals surface area contributed by atoms with E-state index in [0.29, 0.717) is 22.5 Å². The number of allylic oxidation sites excluding steroid dienone is 2. The number of hydrogen-bond donors (Lipinski definition) is 4. The van der Waals surface area contributed by atoms with E-state index in [9.17, 15) is 19.5 Å². The van der Waals surface area contributed by atoms with Gasteiger partial charge in [0.15, 0.2) is 5.41 Å². The molecule has 28 heavy (non-hydrogen) atoms. The third-order valence-electron chi connectivity index (χ3n) is 4.53. The summed E-state index contributed by atoms with van der Waals surface area (Å²) < 4.78 is 0. The number of para-hydroxylation sites is 1. The van der Waals surface area contributed by atoms with Crippen LogP contribution in [0.15, 0.2) is 72.4 Å². The van der Waals surface area contributed by atoms with Gasteiger partial charge in [-0.25, -0.2) is 5.84 Å². The molecule has 1 amide bonds. The highest BCUT2D eigenvalue weighted by Gasteiger charge is 2.50. The van der Waals surface area contributed by atoms with Crippen molar-refractivity contribution in [3.8, 4) is 0 Å². The van der Waals surface area contributed by atoms with Gasteiger partial charge >= 0.3 is 0 Å². The van der Waals surface area contributed by atoms with Gasteiger partial charge in [-0.1, -0.05) is 48.5 Å². The number of Topliss-reactive ketones (excluding diaryl/α,β-unsaturated/α-hetero) is 1. The summed E-state index contributed by atoms with van der Waals surface area (Å²) in [5, 5.41) is 13.3. The minimum Gasteiger partial charge on any atom is -0.507 e. The topological polar surface area (TPSA) is 122 Å². The normalized spacial score (nSPS) is 18.4. The molecule has 7 heteroatoms. The molecular formula is C21H19N3O4. The van der Waals surface area contributed by atoms with E-state index in [2.05, 4.69) is 5.32 Å². The summed E-state index contributed by atoms with van der Waals surface area (Å²) in [4.78, 5) is 38.6. The summed E-state index contributed by atoms with van der Waals surface area (Å²) in [6.07, 6.45) is 2.18. The lowest BCUT2D eigenvalue weighted by atomic mass is 9.71. The summed E-state index contributed by atoms with van der Waals surface area (Å²) in [5.74, 6) is 2.09. The number of aliphatic hydroxyl groups is 1. The Kier molecular flexibility index (Phi) is 5.10. The first-order valence-electron chi connectivity index (χ1n) is 8.52. The highest BCUT2D eigenvalue weighted by molar-refractivity contribution is 6.50. The Morgan fingerprint density at radius 1 is 1.07 bits per heavy atom. The molecule has 1 aliphatic rings. The number of carbonyl (C=O) groups is 3. The lowest BCUT2D eigenvalue weighted by molar-refractivity contribution is -0.141. The molecule has 1 heterocycles. The lowest BCUT2D eigenvalue weighted by Crippen LogP contribution is -2.54.